The van der Waals surface area contributed by atoms with Crippen molar-refractivity contribution < 1.29 is 9.53 Å². The zero-order chi connectivity index (χ0) is 11.5. The average Bonchev–Trinajstić information content (AvgIpc) is 2.50. The van der Waals surface area contributed by atoms with Crippen LogP contribution in [0.1, 0.15) is 46.5 Å². The number of carbonyl (C=O) groups excluding carboxylic acids is 1. The summed E-state index contributed by atoms with van der Waals surface area (Å²) in [5.41, 5.74) is 5.01. The summed E-state index contributed by atoms with van der Waals surface area (Å²) < 4.78 is 5.45. The maximum Gasteiger partial charge on any atom is 0.408 e. The summed E-state index contributed by atoms with van der Waals surface area (Å²) in [5, 5.41) is 2.79. The van der Waals surface area contributed by atoms with Crippen LogP contribution in [0.2, 0.25) is 0 Å². The molecule has 0 radical (unpaired) electrons. The predicted molar refractivity (Wildman–Crippen MR) is 59.6 cm³/mol. The van der Waals surface area contributed by atoms with Gasteiger partial charge >= 0.3 is 6.09 Å². The van der Waals surface area contributed by atoms with Crippen molar-refractivity contribution in [3.63, 3.8) is 0 Å². The summed E-state index contributed by atoms with van der Waals surface area (Å²) in [6.45, 7) is 6.21. The molecule has 3 N–H and O–H groups in total. The lowest BCUT2D eigenvalue weighted by atomic mass is 10.0. The number of nitrogens with two attached hydrogens (primary N) is 1. The first-order chi connectivity index (χ1) is 6.87. The maximum absolute atomic E-state index is 11.6. The predicted octanol–water partition coefficient (Wildman–Crippen LogP) is 1.78. The molecule has 0 spiro atoms. The van der Waals surface area contributed by atoms with Crippen molar-refractivity contribution in [2.75, 3.05) is 6.54 Å². The Morgan fingerprint density at radius 2 is 1.93 bits per heavy atom. The molecule has 15 heavy (non-hydrogen) atoms. The molecule has 0 aliphatic heterocycles. The Kier molecular flexibility index (Phi) is 3.60. The van der Waals surface area contributed by atoms with Crippen LogP contribution in [0.4, 0.5) is 4.79 Å². The van der Waals surface area contributed by atoms with Crippen LogP contribution in [-0.2, 0) is 4.74 Å². The number of hydrogen-bond acceptors (Lipinski definition) is 3. The molecule has 0 unspecified atom stereocenters. The maximum atomic E-state index is 11.6. The van der Waals surface area contributed by atoms with Crippen LogP contribution in [-0.4, -0.2) is 23.8 Å². The topological polar surface area (TPSA) is 64.3 Å². The van der Waals surface area contributed by atoms with Crippen LogP contribution in [0, 0.1) is 0 Å². The molecule has 0 bridgehead atoms. The smallest absolute Gasteiger partial charge is 0.408 e. The number of rotatable bonds is 2. The van der Waals surface area contributed by atoms with E-state index in [4.69, 9.17) is 10.5 Å². The van der Waals surface area contributed by atoms with Crippen molar-refractivity contribution in [1.82, 2.24) is 5.32 Å². The normalized spacial score (nSPS) is 20.0. The summed E-state index contributed by atoms with van der Waals surface area (Å²) in [5.74, 6) is 0. The van der Waals surface area contributed by atoms with Crippen molar-refractivity contribution in [3.8, 4) is 0 Å². The molecular formula is C11H22N2O2. The van der Waals surface area contributed by atoms with Crippen molar-refractivity contribution in [2.45, 2.75) is 57.6 Å². The summed E-state index contributed by atoms with van der Waals surface area (Å²) in [7, 11) is 0. The first kappa shape index (κ1) is 12.3. The molecule has 0 atom stereocenters. The molecule has 0 aromatic rings. The molecule has 0 saturated heterocycles. The van der Waals surface area contributed by atoms with Gasteiger partial charge in [-0.15, -0.1) is 0 Å². The van der Waals surface area contributed by atoms with E-state index in [1.54, 1.807) is 0 Å². The number of nitrogens with one attached hydrogen (secondary N) is 1. The number of carbonyl (C=O) groups is 1. The van der Waals surface area contributed by atoms with Gasteiger partial charge in [-0.2, -0.15) is 0 Å². The van der Waals surface area contributed by atoms with Crippen LogP contribution in [0.25, 0.3) is 0 Å². The third-order valence-corrected chi connectivity index (χ3v) is 2.67. The Balaban J connectivity index is 2.49. The fourth-order valence-electron chi connectivity index (χ4n) is 1.90. The van der Waals surface area contributed by atoms with Crippen molar-refractivity contribution >= 4 is 6.09 Å². The third-order valence-electron chi connectivity index (χ3n) is 2.67. The largest absolute Gasteiger partial charge is 0.442 e. The van der Waals surface area contributed by atoms with E-state index in [0.717, 1.165) is 25.7 Å². The van der Waals surface area contributed by atoms with E-state index >= 15 is 0 Å². The van der Waals surface area contributed by atoms with Crippen molar-refractivity contribution in [2.24, 2.45) is 5.73 Å². The van der Waals surface area contributed by atoms with Crippen LogP contribution >= 0.6 is 0 Å². The minimum atomic E-state index is -0.407. The summed E-state index contributed by atoms with van der Waals surface area (Å²) in [6.07, 6.45) is 3.62. The number of alkyl carbamates (subject to hydrolysis) is 1. The van der Waals surface area contributed by atoms with E-state index in [1.807, 2.05) is 20.8 Å². The van der Waals surface area contributed by atoms with Crippen LogP contribution in [0.15, 0.2) is 0 Å². The summed E-state index contributed by atoms with van der Waals surface area (Å²) >= 11 is 0. The van der Waals surface area contributed by atoms with Gasteiger partial charge in [0.2, 0.25) is 0 Å². The van der Waals surface area contributed by atoms with Crippen LogP contribution < -0.4 is 11.1 Å². The van der Waals surface area contributed by atoms with Gasteiger partial charge in [-0.05, 0) is 46.5 Å². The Morgan fingerprint density at radius 3 is 2.33 bits per heavy atom. The second-order valence-electron chi connectivity index (χ2n) is 5.36. The van der Waals surface area contributed by atoms with E-state index in [-0.39, 0.29) is 11.6 Å². The van der Waals surface area contributed by atoms with Gasteiger partial charge in [-0.3, -0.25) is 0 Å². The van der Waals surface area contributed by atoms with Gasteiger partial charge in [0.05, 0.1) is 0 Å². The zero-order valence-corrected chi connectivity index (χ0v) is 9.93. The average molecular weight is 214 g/mol. The zero-order valence-electron chi connectivity index (χ0n) is 9.93. The molecule has 1 amide bonds. The lowest BCUT2D eigenvalue weighted by Gasteiger charge is -2.29. The highest BCUT2D eigenvalue weighted by atomic mass is 16.6. The first-order valence-electron chi connectivity index (χ1n) is 5.58. The van der Waals surface area contributed by atoms with Gasteiger partial charge in [0.25, 0.3) is 0 Å². The highest BCUT2D eigenvalue weighted by molar-refractivity contribution is 5.68. The molecule has 1 saturated carbocycles. The molecule has 1 aliphatic carbocycles. The second kappa shape index (κ2) is 4.39. The fraction of sp³-hybridized carbons (Fsp3) is 0.909. The monoisotopic (exact) mass is 214 g/mol. The van der Waals surface area contributed by atoms with Crippen molar-refractivity contribution in [3.05, 3.63) is 0 Å². The van der Waals surface area contributed by atoms with E-state index < -0.39 is 5.60 Å². The van der Waals surface area contributed by atoms with Gasteiger partial charge in [0, 0.05) is 12.1 Å². The molecule has 0 aromatic heterocycles. The molecule has 88 valence electrons. The van der Waals surface area contributed by atoms with Crippen LogP contribution in [0.3, 0.4) is 0 Å². The molecule has 0 heterocycles. The SMILES string of the molecule is CC(C)(C)NC(=O)OC1(CN)CCCC1. The van der Waals surface area contributed by atoms with Gasteiger partial charge in [0.1, 0.15) is 5.60 Å². The second-order valence-corrected chi connectivity index (χ2v) is 5.36. The Hall–Kier alpha value is -0.770. The van der Waals surface area contributed by atoms with Gasteiger partial charge in [-0.25, -0.2) is 4.79 Å². The molecule has 1 aliphatic rings. The standard InChI is InChI=1S/C11H22N2O2/c1-10(2,3)13-9(14)15-11(8-12)6-4-5-7-11/h4-8,12H2,1-3H3,(H,13,14). The minimum Gasteiger partial charge on any atom is -0.442 e. The highest BCUT2D eigenvalue weighted by Crippen LogP contribution is 2.32. The lowest BCUT2D eigenvalue weighted by molar-refractivity contribution is 0.0190. The van der Waals surface area contributed by atoms with Gasteiger partial charge in [-0.1, -0.05) is 0 Å². The number of ether oxygens (including phenoxy) is 1. The highest BCUT2D eigenvalue weighted by Gasteiger charge is 2.36. The van der Waals surface area contributed by atoms with E-state index in [9.17, 15) is 4.79 Å². The van der Waals surface area contributed by atoms with E-state index in [2.05, 4.69) is 5.32 Å². The number of amides is 1. The van der Waals surface area contributed by atoms with Gasteiger partial charge in [0.15, 0.2) is 0 Å². The van der Waals surface area contributed by atoms with Gasteiger partial charge < -0.3 is 15.8 Å². The summed E-state index contributed by atoms with van der Waals surface area (Å²) in [6, 6.07) is 0. The molecule has 4 nitrogen and oxygen atoms in total. The van der Waals surface area contributed by atoms with Crippen LogP contribution in [0.5, 0.6) is 0 Å². The molecule has 4 heteroatoms. The Labute approximate surface area is 91.5 Å². The van der Waals surface area contributed by atoms with Crippen molar-refractivity contribution in [1.29, 1.82) is 0 Å². The van der Waals surface area contributed by atoms with E-state index in [0.29, 0.717) is 6.54 Å². The first-order valence-corrected chi connectivity index (χ1v) is 5.58. The Bertz CT molecular complexity index is 227. The molecule has 0 aromatic carbocycles. The Morgan fingerprint density at radius 1 is 1.40 bits per heavy atom. The summed E-state index contributed by atoms with van der Waals surface area (Å²) in [4.78, 5) is 11.6. The molecule has 1 rings (SSSR count). The molecular weight excluding hydrogens is 192 g/mol. The van der Waals surface area contributed by atoms with E-state index in [1.165, 1.54) is 0 Å². The number of hydrogen-bond donors (Lipinski definition) is 2. The third kappa shape index (κ3) is 3.70. The minimum absolute atomic E-state index is 0.258. The fourth-order valence-corrected chi connectivity index (χ4v) is 1.90. The lowest BCUT2D eigenvalue weighted by Crippen LogP contribution is -2.47. The molecule has 1 fully saturated rings. The quantitative estimate of drug-likeness (QED) is 0.736.